The zero-order valence-corrected chi connectivity index (χ0v) is 9.12. The minimum absolute atomic E-state index is 0.269. The van der Waals surface area contributed by atoms with Gasteiger partial charge in [-0.15, -0.1) is 0 Å². The maximum atomic E-state index is 11.2. The lowest BCUT2D eigenvalue weighted by Crippen LogP contribution is -1.86. The van der Waals surface area contributed by atoms with Gasteiger partial charge in [0.1, 0.15) is 0 Å². The molecule has 1 aromatic carbocycles. The van der Waals surface area contributed by atoms with Crippen molar-refractivity contribution in [3.63, 3.8) is 0 Å². The number of hydrogen-bond donors (Lipinski definition) is 0. The summed E-state index contributed by atoms with van der Waals surface area (Å²) >= 11 is 0. The lowest BCUT2D eigenvalue weighted by molar-refractivity contribution is -0.114. The Kier molecular flexibility index (Phi) is 3.00. The second-order valence-corrected chi connectivity index (χ2v) is 4.09. The number of ketones is 1. The monoisotopic (exact) mass is 200 g/mol. The van der Waals surface area contributed by atoms with Gasteiger partial charge in [-0.1, -0.05) is 37.6 Å². The zero-order chi connectivity index (χ0) is 10.7. The third-order valence-electron chi connectivity index (χ3n) is 2.81. The molecule has 15 heavy (non-hydrogen) atoms. The van der Waals surface area contributed by atoms with E-state index < -0.39 is 0 Å². The highest BCUT2D eigenvalue weighted by Gasteiger charge is 2.13. The van der Waals surface area contributed by atoms with Crippen LogP contribution in [0.15, 0.2) is 30.3 Å². The van der Waals surface area contributed by atoms with Gasteiger partial charge in [-0.25, -0.2) is 0 Å². The van der Waals surface area contributed by atoms with Gasteiger partial charge in [0.05, 0.1) is 0 Å². The average Bonchev–Trinajstić information content (AvgIpc) is 2.66. The molecule has 2 rings (SSSR count). The van der Waals surface area contributed by atoms with Crippen molar-refractivity contribution >= 4 is 11.4 Å². The van der Waals surface area contributed by atoms with Crippen molar-refractivity contribution in [2.75, 3.05) is 0 Å². The molecular weight excluding hydrogens is 184 g/mol. The van der Waals surface area contributed by atoms with Crippen LogP contribution in [0.3, 0.4) is 0 Å². The molecule has 0 heterocycles. The average molecular weight is 200 g/mol. The molecule has 0 atom stereocenters. The molecule has 0 spiro atoms. The Morgan fingerprint density at radius 1 is 1.27 bits per heavy atom. The van der Waals surface area contributed by atoms with E-state index in [0.717, 1.165) is 12.8 Å². The van der Waals surface area contributed by atoms with E-state index in [2.05, 4.69) is 31.2 Å². The van der Waals surface area contributed by atoms with Gasteiger partial charge in [0, 0.05) is 6.42 Å². The molecule has 0 aliphatic heterocycles. The Bertz CT molecular complexity index is 402. The Balaban J connectivity index is 2.25. The van der Waals surface area contributed by atoms with Crippen LogP contribution in [0.5, 0.6) is 0 Å². The van der Waals surface area contributed by atoms with Crippen LogP contribution in [0.1, 0.15) is 37.3 Å². The van der Waals surface area contributed by atoms with E-state index in [9.17, 15) is 4.79 Å². The third kappa shape index (κ3) is 2.35. The van der Waals surface area contributed by atoms with E-state index in [4.69, 9.17) is 0 Å². The highest BCUT2D eigenvalue weighted by atomic mass is 16.1. The van der Waals surface area contributed by atoms with Gasteiger partial charge in [-0.05, 0) is 35.6 Å². The van der Waals surface area contributed by atoms with Crippen LogP contribution in [0, 0.1) is 0 Å². The summed E-state index contributed by atoms with van der Waals surface area (Å²) in [4.78, 5) is 11.2. The molecular formula is C14H16O. The zero-order valence-electron chi connectivity index (χ0n) is 9.12. The van der Waals surface area contributed by atoms with E-state index in [1.165, 1.54) is 23.1 Å². The summed E-state index contributed by atoms with van der Waals surface area (Å²) in [5, 5.41) is 0. The number of benzene rings is 1. The predicted octanol–water partition coefficient (Wildman–Crippen LogP) is 3.39. The summed E-state index contributed by atoms with van der Waals surface area (Å²) in [6.07, 6.45) is 5.68. The van der Waals surface area contributed by atoms with Crippen LogP contribution >= 0.6 is 0 Å². The summed E-state index contributed by atoms with van der Waals surface area (Å²) in [7, 11) is 0. The summed E-state index contributed by atoms with van der Waals surface area (Å²) in [6.45, 7) is 2.19. The van der Waals surface area contributed by atoms with Gasteiger partial charge in [-0.3, -0.25) is 4.79 Å². The predicted molar refractivity (Wildman–Crippen MR) is 62.7 cm³/mol. The SMILES string of the molecule is CCCc1cccc(C2=CC(=O)CC2)c1. The number of rotatable bonds is 3. The van der Waals surface area contributed by atoms with Gasteiger partial charge in [0.25, 0.3) is 0 Å². The van der Waals surface area contributed by atoms with Crippen molar-refractivity contribution in [2.24, 2.45) is 0 Å². The van der Waals surface area contributed by atoms with Crippen molar-refractivity contribution < 1.29 is 4.79 Å². The van der Waals surface area contributed by atoms with Gasteiger partial charge < -0.3 is 0 Å². The van der Waals surface area contributed by atoms with E-state index in [0.29, 0.717) is 6.42 Å². The summed E-state index contributed by atoms with van der Waals surface area (Å²) in [5.74, 6) is 0.269. The smallest absolute Gasteiger partial charge is 0.156 e. The van der Waals surface area contributed by atoms with Gasteiger partial charge in [0.15, 0.2) is 5.78 Å². The largest absolute Gasteiger partial charge is 0.295 e. The first kappa shape index (κ1) is 10.2. The van der Waals surface area contributed by atoms with Crippen molar-refractivity contribution in [3.8, 4) is 0 Å². The topological polar surface area (TPSA) is 17.1 Å². The lowest BCUT2D eigenvalue weighted by atomic mass is 10.0. The molecule has 0 fully saturated rings. The van der Waals surface area contributed by atoms with E-state index in [1.54, 1.807) is 6.08 Å². The van der Waals surface area contributed by atoms with Crippen molar-refractivity contribution in [3.05, 3.63) is 41.5 Å². The van der Waals surface area contributed by atoms with Crippen LogP contribution in [0.4, 0.5) is 0 Å². The first-order chi connectivity index (χ1) is 7.29. The minimum Gasteiger partial charge on any atom is -0.295 e. The normalized spacial score (nSPS) is 15.5. The molecule has 0 amide bonds. The summed E-state index contributed by atoms with van der Waals surface area (Å²) in [6, 6.07) is 8.56. The van der Waals surface area contributed by atoms with Crippen molar-refractivity contribution in [1.82, 2.24) is 0 Å². The lowest BCUT2D eigenvalue weighted by Gasteiger charge is -2.04. The van der Waals surface area contributed by atoms with Crippen LogP contribution in [0.2, 0.25) is 0 Å². The Labute approximate surface area is 90.8 Å². The Morgan fingerprint density at radius 2 is 2.13 bits per heavy atom. The van der Waals surface area contributed by atoms with Gasteiger partial charge in [0.2, 0.25) is 0 Å². The number of allylic oxidation sites excluding steroid dienone is 2. The molecule has 0 N–H and O–H groups in total. The van der Waals surface area contributed by atoms with Crippen LogP contribution in [0.25, 0.3) is 5.57 Å². The highest BCUT2D eigenvalue weighted by molar-refractivity contribution is 6.01. The van der Waals surface area contributed by atoms with Gasteiger partial charge >= 0.3 is 0 Å². The van der Waals surface area contributed by atoms with E-state index in [1.807, 2.05) is 0 Å². The fraction of sp³-hybridized carbons (Fsp3) is 0.357. The molecule has 1 aliphatic carbocycles. The summed E-state index contributed by atoms with van der Waals surface area (Å²) < 4.78 is 0. The highest BCUT2D eigenvalue weighted by Crippen LogP contribution is 2.26. The van der Waals surface area contributed by atoms with E-state index >= 15 is 0 Å². The fourth-order valence-electron chi connectivity index (χ4n) is 2.04. The fourth-order valence-corrected chi connectivity index (χ4v) is 2.04. The molecule has 0 saturated heterocycles. The second-order valence-electron chi connectivity index (χ2n) is 4.09. The van der Waals surface area contributed by atoms with Gasteiger partial charge in [-0.2, -0.15) is 0 Å². The molecule has 0 bridgehead atoms. The van der Waals surface area contributed by atoms with Crippen molar-refractivity contribution in [2.45, 2.75) is 32.6 Å². The van der Waals surface area contributed by atoms with E-state index in [-0.39, 0.29) is 5.78 Å². The first-order valence-electron chi connectivity index (χ1n) is 5.62. The summed E-state index contributed by atoms with van der Waals surface area (Å²) in [5.41, 5.74) is 3.81. The standard InChI is InChI=1S/C14H16O/c1-2-4-11-5-3-6-12(9-11)13-7-8-14(15)10-13/h3,5-6,9-10H,2,4,7-8H2,1H3. The number of carbonyl (C=O) groups is 1. The third-order valence-corrected chi connectivity index (χ3v) is 2.81. The van der Waals surface area contributed by atoms with Crippen LogP contribution in [-0.4, -0.2) is 5.78 Å². The molecule has 0 unspecified atom stereocenters. The second kappa shape index (κ2) is 4.43. The number of aryl methyl sites for hydroxylation is 1. The molecule has 1 aliphatic rings. The molecule has 0 radical (unpaired) electrons. The number of hydrogen-bond acceptors (Lipinski definition) is 1. The Morgan fingerprint density at radius 3 is 2.80 bits per heavy atom. The van der Waals surface area contributed by atoms with Crippen LogP contribution in [-0.2, 0) is 11.2 Å². The molecule has 1 nitrogen and oxygen atoms in total. The molecule has 1 heteroatoms. The van der Waals surface area contributed by atoms with Crippen molar-refractivity contribution in [1.29, 1.82) is 0 Å². The first-order valence-corrected chi connectivity index (χ1v) is 5.62. The molecule has 78 valence electrons. The quantitative estimate of drug-likeness (QED) is 0.731. The molecule has 0 aromatic heterocycles. The molecule has 1 aromatic rings. The number of carbonyl (C=O) groups excluding carboxylic acids is 1. The van der Waals surface area contributed by atoms with Crippen LogP contribution < -0.4 is 0 Å². The Hall–Kier alpha value is -1.37. The minimum atomic E-state index is 0.269. The molecule has 0 saturated carbocycles. The maximum Gasteiger partial charge on any atom is 0.156 e. The maximum absolute atomic E-state index is 11.2.